The predicted molar refractivity (Wildman–Crippen MR) is 117 cm³/mol. The molecule has 0 radical (unpaired) electrons. The third kappa shape index (κ3) is 4.50. The van der Waals surface area contributed by atoms with E-state index in [-0.39, 0.29) is 6.03 Å². The SMILES string of the molecule is Cc1ccc(Cl)cc1NC(=O)N1CCc2c(c(COCc3ccccc3)nn2C)C1. The van der Waals surface area contributed by atoms with E-state index < -0.39 is 0 Å². The van der Waals surface area contributed by atoms with E-state index >= 15 is 0 Å². The molecule has 1 aromatic heterocycles. The average Bonchev–Trinajstić information content (AvgIpc) is 3.06. The van der Waals surface area contributed by atoms with Crippen LogP contribution < -0.4 is 5.32 Å². The van der Waals surface area contributed by atoms with Crippen molar-refractivity contribution in [3.63, 3.8) is 0 Å². The number of hydrogen-bond donors (Lipinski definition) is 1. The molecule has 1 aliphatic rings. The van der Waals surface area contributed by atoms with Gasteiger partial charge >= 0.3 is 6.03 Å². The molecular formula is C23H25ClN4O2. The van der Waals surface area contributed by atoms with Crippen LogP contribution in [0.25, 0.3) is 0 Å². The first-order valence-electron chi connectivity index (χ1n) is 9.98. The van der Waals surface area contributed by atoms with Crippen molar-refractivity contribution in [2.75, 3.05) is 11.9 Å². The Kier molecular flexibility index (Phi) is 6.06. The van der Waals surface area contributed by atoms with Crippen molar-refractivity contribution in [3.8, 4) is 0 Å². The number of benzene rings is 2. The summed E-state index contributed by atoms with van der Waals surface area (Å²) in [7, 11) is 1.95. The van der Waals surface area contributed by atoms with E-state index in [4.69, 9.17) is 16.3 Å². The number of rotatable bonds is 5. The van der Waals surface area contributed by atoms with Gasteiger partial charge in [-0.25, -0.2) is 4.79 Å². The first-order valence-corrected chi connectivity index (χ1v) is 10.4. The average molecular weight is 425 g/mol. The van der Waals surface area contributed by atoms with Crippen molar-refractivity contribution < 1.29 is 9.53 Å². The summed E-state index contributed by atoms with van der Waals surface area (Å²) in [5.41, 5.74) is 5.96. The molecule has 0 spiro atoms. The second kappa shape index (κ2) is 8.90. The molecule has 1 aliphatic heterocycles. The molecule has 0 unspecified atom stereocenters. The lowest BCUT2D eigenvalue weighted by Gasteiger charge is -2.28. The number of carbonyl (C=O) groups is 1. The van der Waals surface area contributed by atoms with E-state index in [1.54, 1.807) is 6.07 Å². The molecule has 0 saturated carbocycles. The quantitative estimate of drug-likeness (QED) is 0.646. The van der Waals surface area contributed by atoms with Crippen molar-refractivity contribution in [1.82, 2.24) is 14.7 Å². The van der Waals surface area contributed by atoms with Crippen molar-refractivity contribution in [2.24, 2.45) is 7.05 Å². The van der Waals surface area contributed by atoms with Crippen LogP contribution in [0.1, 0.15) is 28.1 Å². The number of hydrogen-bond acceptors (Lipinski definition) is 3. The van der Waals surface area contributed by atoms with Crippen LogP contribution in [-0.4, -0.2) is 27.3 Å². The van der Waals surface area contributed by atoms with E-state index in [2.05, 4.69) is 10.4 Å². The lowest BCUT2D eigenvalue weighted by molar-refractivity contribution is 0.103. The fourth-order valence-corrected chi connectivity index (χ4v) is 3.89. The van der Waals surface area contributed by atoms with E-state index in [0.29, 0.717) is 31.3 Å². The summed E-state index contributed by atoms with van der Waals surface area (Å²) >= 11 is 6.08. The summed E-state index contributed by atoms with van der Waals surface area (Å²) in [4.78, 5) is 14.7. The highest BCUT2D eigenvalue weighted by Crippen LogP contribution is 2.25. The Labute approximate surface area is 181 Å². The summed E-state index contributed by atoms with van der Waals surface area (Å²) in [6.07, 6.45) is 0.763. The first kappa shape index (κ1) is 20.4. The second-order valence-electron chi connectivity index (χ2n) is 7.53. The molecule has 3 aromatic rings. The Morgan fingerprint density at radius 1 is 1.20 bits per heavy atom. The minimum atomic E-state index is -0.133. The number of amides is 2. The van der Waals surface area contributed by atoms with Gasteiger partial charge in [0, 0.05) is 42.0 Å². The first-order chi connectivity index (χ1) is 14.5. The Morgan fingerprint density at radius 3 is 2.80 bits per heavy atom. The molecule has 0 atom stereocenters. The van der Waals surface area contributed by atoms with Gasteiger partial charge < -0.3 is 15.0 Å². The van der Waals surface area contributed by atoms with Gasteiger partial charge in [-0.2, -0.15) is 5.10 Å². The standard InChI is InChI=1S/C23H25ClN4O2/c1-16-8-9-18(24)12-20(16)25-23(29)28-11-10-22-19(13-28)21(26-27(22)2)15-30-14-17-6-4-3-5-7-17/h3-9,12H,10-11,13-15H2,1-2H3,(H,25,29). The van der Waals surface area contributed by atoms with Gasteiger partial charge in [-0.3, -0.25) is 4.68 Å². The van der Waals surface area contributed by atoms with Gasteiger partial charge in [-0.05, 0) is 30.2 Å². The fraction of sp³-hybridized carbons (Fsp3) is 0.304. The van der Waals surface area contributed by atoms with Crippen molar-refractivity contribution in [3.05, 3.63) is 81.6 Å². The molecule has 2 heterocycles. The zero-order valence-corrected chi connectivity index (χ0v) is 17.9. The number of aromatic nitrogens is 2. The zero-order valence-electron chi connectivity index (χ0n) is 17.2. The van der Waals surface area contributed by atoms with Gasteiger partial charge in [0.1, 0.15) is 0 Å². The Hall–Kier alpha value is -2.83. The third-order valence-corrected chi connectivity index (χ3v) is 5.64. The van der Waals surface area contributed by atoms with E-state index in [0.717, 1.165) is 40.2 Å². The molecular weight excluding hydrogens is 400 g/mol. The summed E-state index contributed by atoms with van der Waals surface area (Å²) in [5.74, 6) is 0. The van der Waals surface area contributed by atoms with Crippen molar-refractivity contribution in [2.45, 2.75) is 33.1 Å². The summed E-state index contributed by atoms with van der Waals surface area (Å²) in [5, 5.41) is 8.23. The highest BCUT2D eigenvalue weighted by molar-refractivity contribution is 6.31. The van der Waals surface area contributed by atoms with Crippen LogP contribution in [0.2, 0.25) is 5.02 Å². The maximum absolute atomic E-state index is 12.9. The fourth-order valence-electron chi connectivity index (χ4n) is 3.72. The van der Waals surface area contributed by atoms with Gasteiger partial charge in [0.2, 0.25) is 0 Å². The zero-order chi connectivity index (χ0) is 21.1. The number of aryl methyl sites for hydroxylation is 2. The number of nitrogens with zero attached hydrogens (tertiary/aromatic N) is 3. The minimum Gasteiger partial charge on any atom is -0.370 e. The molecule has 156 valence electrons. The van der Waals surface area contributed by atoms with Gasteiger partial charge in [0.25, 0.3) is 0 Å². The Bertz CT molecular complexity index is 1050. The lowest BCUT2D eigenvalue weighted by atomic mass is 10.1. The third-order valence-electron chi connectivity index (χ3n) is 5.40. The van der Waals surface area contributed by atoms with Crippen molar-refractivity contribution in [1.29, 1.82) is 0 Å². The van der Waals surface area contributed by atoms with Crippen LogP contribution in [0.3, 0.4) is 0 Å². The topological polar surface area (TPSA) is 59.4 Å². The van der Waals surface area contributed by atoms with Gasteiger partial charge in [-0.15, -0.1) is 0 Å². The molecule has 0 fully saturated rings. The molecule has 7 heteroatoms. The molecule has 0 saturated heterocycles. The predicted octanol–water partition coefficient (Wildman–Crippen LogP) is 4.69. The molecule has 0 aliphatic carbocycles. The molecule has 6 nitrogen and oxygen atoms in total. The van der Waals surface area contributed by atoms with Gasteiger partial charge in [0.05, 0.1) is 25.5 Å². The van der Waals surface area contributed by atoms with Crippen LogP contribution >= 0.6 is 11.6 Å². The van der Waals surface area contributed by atoms with Crippen LogP contribution in [0.4, 0.5) is 10.5 Å². The smallest absolute Gasteiger partial charge is 0.322 e. The number of anilines is 1. The number of fused-ring (bicyclic) bond motifs is 1. The molecule has 0 bridgehead atoms. The van der Waals surface area contributed by atoms with Crippen LogP contribution in [0.15, 0.2) is 48.5 Å². The molecule has 1 N–H and O–H groups in total. The molecule has 4 rings (SSSR count). The highest BCUT2D eigenvalue weighted by atomic mass is 35.5. The van der Waals surface area contributed by atoms with Crippen LogP contribution in [0.5, 0.6) is 0 Å². The van der Waals surface area contributed by atoms with E-state index in [9.17, 15) is 4.79 Å². The number of nitrogens with one attached hydrogen (secondary N) is 1. The number of halogens is 1. The maximum Gasteiger partial charge on any atom is 0.322 e. The second-order valence-corrected chi connectivity index (χ2v) is 7.97. The number of ether oxygens (including phenoxy) is 1. The van der Waals surface area contributed by atoms with Crippen LogP contribution in [-0.2, 0) is 38.0 Å². The largest absolute Gasteiger partial charge is 0.370 e. The normalized spacial score (nSPS) is 13.2. The summed E-state index contributed by atoms with van der Waals surface area (Å²) in [6, 6.07) is 15.4. The van der Waals surface area contributed by atoms with Crippen molar-refractivity contribution >= 4 is 23.3 Å². The number of urea groups is 1. The van der Waals surface area contributed by atoms with E-state index in [1.165, 1.54) is 0 Å². The van der Waals surface area contributed by atoms with Crippen LogP contribution in [0, 0.1) is 6.92 Å². The minimum absolute atomic E-state index is 0.133. The van der Waals surface area contributed by atoms with E-state index in [1.807, 2.05) is 66.0 Å². The monoisotopic (exact) mass is 424 g/mol. The van der Waals surface area contributed by atoms with Gasteiger partial charge in [0.15, 0.2) is 0 Å². The highest BCUT2D eigenvalue weighted by Gasteiger charge is 2.27. The number of carbonyl (C=O) groups excluding carboxylic acids is 1. The Balaban J connectivity index is 1.43. The van der Waals surface area contributed by atoms with Gasteiger partial charge in [-0.1, -0.05) is 48.0 Å². The molecule has 30 heavy (non-hydrogen) atoms. The molecule has 2 aromatic carbocycles. The maximum atomic E-state index is 12.9. The summed E-state index contributed by atoms with van der Waals surface area (Å²) < 4.78 is 7.81. The molecule has 2 amide bonds. The summed E-state index contributed by atoms with van der Waals surface area (Å²) in [6.45, 7) is 4.05. The Morgan fingerprint density at radius 2 is 2.00 bits per heavy atom. The lowest BCUT2D eigenvalue weighted by Crippen LogP contribution is -2.39.